The van der Waals surface area contributed by atoms with E-state index in [2.05, 4.69) is 10.3 Å². The molecule has 0 fully saturated rings. The first-order valence-corrected chi connectivity index (χ1v) is 6.48. The fraction of sp³-hybridized carbons (Fsp3) is 0.154. The van der Waals surface area contributed by atoms with E-state index >= 15 is 0 Å². The number of rotatable bonds is 4. The highest BCUT2D eigenvalue weighted by Crippen LogP contribution is 2.15. The highest BCUT2D eigenvalue weighted by atomic mass is 32.1. The van der Waals surface area contributed by atoms with Crippen LogP contribution in [0.4, 0.5) is 0 Å². The largest absolute Gasteiger partial charge is 0.467 e. The minimum atomic E-state index is -0.833. The van der Waals surface area contributed by atoms with Crippen LogP contribution in [0.15, 0.2) is 41.2 Å². The van der Waals surface area contributed by atoms with Gasteiger partial charge in [-0.05, 0) is 5.56 Å². The van der Waals surface area contributed by atoms with E-state index in [1.165, 1.54) is 18.4 Å². The Balaban J connectivity index is 2.20. The first-order chi connectivity index (χ1) is 9.22. The summed E-state index contributed by atoms with van der Waals surface area (Å²) in [5, 5.41) is 4.24. The van der Waals surface area contributed by atoms with E-state index in [0.29, 0.717) is 5.56 Å². The lowest BCUT2D eigenvalue weighted by Crippen LogP contribution is -2.34. The lowest BCUT2D eigenvalue weighted by molar-refractivity contribution is -0.143. The zero-order chi connectivity index (χ0) is 13.7. The summed E-state index contributed by atoms with van der Waals surface area (Å²) in [5.74, 6) is -0.921. The minimum Gasteiger partial charge on any atom is -0.467 e. The second-order valence-corrected chi connectivity index (χ2v) is 4.43. The fourth-order valence-electron chi connectivity index (χ4n) is 1.57. The Kier molecular flexibility index (Phi) is 4.25. The van der Waals surface area contributed by atoms with E-state index in [4.69, 9.17) is 4.74 Å². The number of hydrogen-bond acceptors (Lipinski definition) is 5. The summed E-state index contributed by atoms with van der Waals surface area (Å²) in [5.41, 5.74) is 2.51. The molecule has 0 aliphatic carbocycles. The van der Waals surface area contributed by atoms with Gasteiger partial charge >= 0.3 is 5.97 Å². The molecule has 0 bridgehead atoms. The molecule has 1 heterocycles. The molecule has 1 atom stereocenters. The number of benzene rings is 1. The summed E-state index contributed by atoms with van der Waals surface area (Å²) in [6, 6.07) is 8.09. The molecule has 2 aromatic rings. The van der Waals surface area contributed by atoms with Gasteiger partial charge in [0.1, 0.15) is 5.69 Å². The first-order valence-electron chi connectivity index (χ1n) is 5.54. The number of methoxy groups -OCH3 is 1. The average molecular weight is 276 g/mol. The molecule has 1 aromatic heterocycles. The lowest BCUT2D eigenvalue weighted by atomic mass is 10.1. The number of amides is 1. The predicted molar refractivity (Wildman–Crippen MR) is 70.8 cm³/mol. The quantitative estimate of drug-likeness (QED) is 0.864. The van der Waals surface area contributed by atoms with E-state index in [1.54, 1.807) is 35.2 Å². The van der Waals surface area contributed by atoms with E-state index in [-0.39, 0.29) is 5.69 Å². The molecule has 0 saturated carbocycles. The molecule has 0 aliphatic rings. The highest BCUT2D eigenvalue weighted by Gasteiger charge is 2.24. The topological polar surface area (TPSA) is 68.3 Å². The second-order valence-electron chi connectivity index (χ2n) is 3.71. The van der Waals surface area contributed by atoms with Crippen LogP contribution >= 0.6 is 11.3 Å². The standard InChI is InChI=1S/C13H12N2O3S/c1-18-13(17)11(9-5-3-2-4-6-9)15-12(16)10-7-19-8-14-10/h2-8,11H,1H3,(H,15,16). The molecular formula is C13H12N2O3S. The Morgan fingerprint density at radius 3 is 2.63 bits per heavy atom. The summed E-state index contributed by atoms with van der Waals surface area (Å²) >= 11 is 1.32. The minimum absolute atomic E-state index is 0.287. The fourth-order valence-corrected chi connectivity index (χ4v) is 2.10. The molecule has 1 amide bonds. The highest BCUT2D eigenvalue weighted by molar-refractivity contribution is 7.07. The monoisotopic (exact) mass is 276 g/mol. The molecule has 0 spiro atoms. The molecule has 5 nitrogen and oxygen atoms in total. The molecule has 0 aliphatic heterocycles. The van der Waals surface area contributed by atoms with Crippen LogP contribution < -0.4 is 5.32 Å². The number of esters is 1. The maximum absolute atomic E-state index is 11.9. The number of carbonyl (C=O) groups is 2. The van der Waals surface area contributed by atoms with E-state index < -0.39 is 17.9 Å². The van der Waals surface area contributed by atoms with Gasteiger partial charge in [0.05, 0.1) is 12.6 Å². The van der Waals surface area contributed by atoms with Crippen LogP contribution in [0, 0.1) is 0 Å². The number of nitrogens with one attached hydrogen (secondary N) is 1. The maximum atomic E-state index is 11.9. The number of hydrogen-bond donors (Lipinski definition) is 1. The van der Waals surface area contributed by atoms with Crippen LogP contribution in [0.2, 0.25) is 0 Å². The third-order valence-corrected chi connectivity index (χ3v) is 3.10. The molecule has 1 aromatic carbocycles. The Morgan fingerprint density at radius 2 is 2.05 bits per heavy atom. The Morgan fingerprint density at radius 1 is 1.32 bits per heavy atom. The summed E-state index contributed by atoms with van der Waals surface area (Å²) in [6.07, 6.45) is 0. The van der Waals surface area contributed by atoms with Crippen molar-refractivity contribution in [3.8, 4) is 0 Å². The Bertz CT molecular complexity index is 555. The number of carbonyl (C=O) groups excluding carboxylic acids is 2. The lowest BCUT2D eigenvalue weighted by Gasteiger charge is -2.16. The third kappa shape index (κ3) is 3.17. The number of ether oxygens (including phenoxy) is 1. The second kappa shape index (κ2) is 6.10. The smallest absolute Gasteiger partial charge is 0.333 e. The predicted octanol–water partition coefficient (Wildman–Crippen LogP) is 1.79. The molecule has 0 radical (unpaired) electrons. The molecule has 98 valence electrons. The number of aromatic nitrogens is 1. The van der Waals surface area contributed by atoms with Crippen LogP contribution in [0.5, 0.6) is 0 Å². The summed E-state index contributed by atoms with van der Waals surface area (Å²) in [7, 11) is 1.28. The van der Waals surface area contributed by atoms with Gasteiger partial charge in [0.2, 0.25) is 0 Å². The van der Waals surface area contributed by atoms with Crippen LogP contribution in [0.1, 0.15) is 22.1 Å². The summed E-state index contributed by atoms with van der Waals surface area (Å²) < 4.78 is 4.71. The van der Waals surface area contributed by atoms with E-state index in [0.717, 1.165) is 0 Å². The molecule has 0 saturated heterocycles. The van der Waals surface area contributed by atoms with Crippen LogP contribution in [0.3, 0.4) is 0 Å². The van der Waals surface area contributed by atoms with Crippen molar-refractivity contribution >= 4 is 23.2 Å². The van der Waals surface area contributed by atoms with Crippen molar-refractivity contribution in [3.05, 3.63) is 52.5 Å². The van der Waals surface area contributed by atoms with Crippen molar-refractivity contribution < 1.29 is 14.3 Å². The van der Waals surface area contributed by atoms with Gasteiger partial charge in [-0.15, -0.1) is 11.3 Å². The molecule has 2 rings (SSSR count). The van der Waals surface area contributed by atoms with Gasteiger partial charge < -0.3 is 10.1 Å². The molecular weight excluding hydrogens is 264 g/mol. The Hall–Kier alpha value is -2.21. The summed E-state index contributed by atoms with van der Waals surface area (Å²) in [6.45, 7) is 0. The van der Waals surface area contributed by atoms with Crippen LogP contribution in [-0.2, 0) is 9.53 Å². The zero-order valence-corrected chi connectivity index (χ0v) is 11.0. The van der Waals surface area contributed by atoms with Gasteiger partial charge in [0.15, 0.2) is 6.04 Å². The van der Waals surface area contributed by atoms with Crippen molar-refractivity contribution in [2.45, 2.75) is 6.04 Å². The van der Waals surface area contributed by atoms with Gasteiger partial charge in [-0.25, -0.2) is 9.78 Å². The zero-order valence-electron chi connectivity index (χ0n) is 10.2. The maximum Gasteiger partial charge on any atom is 0.333 e. The third-order valence-electron chi connectivity index (χ3n) is 2.51. The van der Waals surface area contributed by atoms with Crippen molar-refractivity contribution in [1.82, 2.24) is 10.3 Å². The normalized spacial score (nSPS) is 11.6. The van der Waals surface area contributed by atoms with Gasteiger partial charge in [-0.3, -0.25) is 4.79 Å². The molecule has 19 heavy (non-hydrogen) atoms. The SMILES string of the molecule is COC(=O)C(NC(=O)c1cscn1)c1ccccc1. The first kappa shape index (κ1) is 13.2. The number of thiazole rings is 1. The van der Waals surface area contributed by atoms with Gasteiger partial charge in [0, 0.05) is 5.38 Å². The van der Waals surface area contributed by atoms with Crippen molar-refractivity contribution in [2.24, 2.45) is 0 Å². The number of nitrogens with zero attached hydrogens (tertiary/aromatic N) is 1. The van der Waals surface area contributed by atoms with E-state index in [1.807, 2.05) is 6.07 Å². The molecule has 1 unspecified atom stereocenters. The average Bonchev–Trinajstić information content (AvgIpc) is 2.99. The van der Waals surface area contributed by atoms with E-state index in [9.17, 15) is 9.59 Å². The molecule has 1 N–H and O–H groups in total. The summed E-state index contributed by atoms with van der Waals surface area (Å²) in [4.78, 5) is 27.6. The van der Waals surface area contributed by atoms with Crippen molar-refractivity contribution in [3.63, 3.8) is 0 Å². The van der Waals surface area contributed by atoms with Gasteiger partial charge in [-0.1, -0.05) is 30.3 Å². The molecule has 6 heteroatoms. The van der Waals surface area contributed by atoms with Gasteiger partial charge in [-0.2, -0.15) is 0 Å². The van der Waals surface area contributed by atoms with Crippen LogP contribution in [0.25, 0.3) is 0 Å². The van der Waals surface area contributed by atoms with Crippen molar-refractivity contribution in [1.29, 1.82) is 0 Å². The van der Waals surface area contributed by atoms with Crippen molar-refractivity contribution in [2.75, 3.05) is 7.11 Å². The van der Waals surface area contributed by atoms with Gasteiger partial charge in [0.25, 0.3) is 5.91 Å². The Labute approximate surface area is 114 Å². The van der Waals surface area contributed by atoms with Crippen LogP contribution in [-0.4, -0.2) is 24.0 Å².